The quantitative estimate of drug-likeness (QED) is 0.288. The minimum atomic E-state index is -0.838. The molecule has 2 aromatic rings. The number of fused-ring (bicyclic) bond motifs is 1. The number of nitrogens with zero attached hydrogens (tertiary/aromatic N) is 3. The third-order valence-corrected chi connectivity index (χ3v) is 11.8. The smallest absolute Gasteiger partial charge is 0.251 e. The van der Waals surface area contributed by atoms with Crippen molar-refractivity contribution in [3.8, 4) is 5.75 Å². The first-order valence-electron chi connectivity index (χ1n) is 16.3. The van der Waals surface area contributed by atoms with Crippen LogP contribution in [0.4, 0.5) is 11.4 Å². The number of hydrogen-bond donors (Lipinski definition) is 1. The van der Waals surface area contributed by atoms with Gasteiger partial charge in [0.2, 0.25) is 11.8 Å². The lowest BCUT2D eigenvalue weighted by Gasteiger charge is -2.41. The average Bonchev–Trinajstić information content (AvgIpc) is 3.67. The van der Waals surface area contributed by atoms with Gasteiger partial charge in [0, 0.05) is 29.7 Å². The molecule has 3 amide bonds. The zero-order chi connectivity index (χ0) is 33.3. The molecular weight excluding hydrogens is 598 g/mol. The second-order valence-electron chi connectivity index (χ2n) is 12.9. The number of carbonyl (C=O) groups excluding carboxylic acids is 3. The van der Waals surface area contributed by atoms with Gasteiger partial charge >= 0.3 is 0 Å². The van der Waals surface area contributed by atoms with Crippen LogP contribution in [-0.4, -0.2) is 76.1 Å². The van der Waals surface area contributed by atoms with Crippen LogP contribution in [-0.2, 0) is 14.4 Å². The van der Waals surface area contributed by atoms with Gasteiger partial charge in [0.05, 0.1) is 35.8 Å². The summed E-state index contributed by atoms with van der Waals surface area (Å²) in [6, 6.07) is 11.9. The van der Waals surface area contributed by atoms with Crippen molar-refractivity contribution >= 4 is 40.9 Å². The van der Waals surface area contributed by atoms with Crippen LogP contribution in [0, 0.1) is 31.6 Å². The fourth-order valence-electron chi connectivity index (χ4n) is 7.95. The number of ether oxygens (including phenoxy) is 1. The molecule has 3 aliphatic rings. The number of hydrogen-bond acceptors (Lipinski definition) is 6. The maximum absolute atomic E-state index is 15.1. The molecule has 0 aliphatic carbocycles. The predicted molar refractivity (Wildman–Crippen MR) is 185 cm³/mol. The van der Waals surface area contributed by atoms with E-state index in [-0.39, 0.29) is 48.6 Å². The van der Waals surface area contributed by atoms with E-state index in [2.05, 4.69) is 13.2 Å². The normalized spacial score (nSPS) is 25.4. The Morgan fingerprint density at radius 2 is 1.70 bits per heavy atom. The Bertz CT molecular complexity index is 1470. The number of aliphatic hydroxyl groups is 1. The fraction of sp³-hybridized carbons (Fsp3) is 0.486. The highest BCUT2D eigenvalue weighted by molar-refractivity contribution is 8.02. The van der Waals surface area contributed by atoms with Crippen LogP contribution in [0.5, 0.6) is 5.75 Å². The third kappa shape index (κ3) is 5.55. The van der Waals surface area contributed by atoms with Crippen molar-refractivity contribution in [3.63, 3.8) is 0 Å². The summed E-state index contributed by atoms with van der Waals surface area (Å²) in [7, 11) is 0. The van der Waals surface area contributed by atoms with Crippen LogP contribution >= 0.6 is 11.8 Å². The van der Waals surface area contributed by atoms with Gasteiger partial charge in [-0.3, -0.25) is 14.4 Å². The van der Waals surface area contributed by atoms with E-state index in [0.717, 1.165) is 23.2 Å². The van der Waals surface area contributed by atoms with Crippen molar-refractivity contribution < 1.29 is 24.2 Å². The molecule has 246 valence electrons. The Morgan fingerprint density at radius 3 is 2.26 bits per heavy atom. The Morgan fingerprint density at radius 1 is 1.07 bits per heavy atom. The highest BCUT2D eigenvalue weighted by atomic mass is 32.2. The third-order valence-electron chi connectivity index (χ3n) is 9.90. The second kappa shape index (κ2) is 13.7. The van der Waals surface area contributed by atoms with Gasteiger partial charge in [-0.05, 0) is 74.9 Å². The number of likely N-dealkylation sites (tertiary alicyclic amines) is 1. The van der Waals surface area contributed by atoms with Crippen molar-refractivity contribution in [2.45, 2.75) is 69.5 Å². The zero-order valence-electron chi connectivity index (χ0n) is 27.6. The monoisotopic (exact) mass is 645 g/mol. The van der Waals surface area contributed by atoms with E-state index in [1.165, 1.54) is 0 Å². The highest BCUT2D eigenvalue weighted by Gasteiger charge is 2.75. The topological polar surface area (TPSA) is 90.4 Å². The van der Waals surface area contributed by atoms with Gasteiger partial charge in [0.1, 0.15) is 11.8 Å². The zero-order valence-corrected chi connectivity index (χ0v) is 28.5. The predicted octanol–water partition coefficient (Wildman–Crippen LogP) is 5.55. The lowest BCUT2D eigenvalue weighted by molar-refractivity contribution is -0.142. The van der Waals surface area contributed by atoms with Gasteiger partial charge in [-0.1, -0.05) is 44.2 Å². The first kappa shape index (κ1) is 33.8. The molecule has 1 spiro atoms. The van der Waals surface area contributed by atoms with E-state index < -0.39 is 28.7 Å². The van der Waals surface area contributed by atoms with Crippen LogP contribution in [0.1, 0.15) is 44.7 Å². The SMILES string of the molecule is C=CCN(C(=O)[C@@H]1[C@@H]2CCC3(S2)C(C(=O)N(CC=C)c2c(C)cccc2C)N([C@@H](CO)C(C)C)C(=O)[C@H]13)c1ccc(OCC)cc1. The van der Waals surface area contributed by atoms with Gasteiger partial charge in [-0.15, -0.1) is 24.9 Å². The summed E-state index contributed by atoms with van der Waals surface area (Å²) in [5, 5.41) is 10.6. The molecule has 0 radical (unpaired) electrons. The summed E-state index contributed by atoms with van der Waals surface area (Å²) >= 11 is 1.64. The van der Waals surface area contributed by atoms with E-state index in [1.807, 2.05) is 77.1 Å². The van der Waals surface area contributed by atoms with Gasteiger partial charge in [0.25, 0.3) is 5.91 Å². The van der Waals surface area contributed by atoms with Crippen LogP contribution in [0.25, 0.3) is 0 Å². The summed E-state index contributed by atoms with van der Waals surface area (Å²) in [5.74, 6) is -1.25. The molecule has 2 bridgehead atoms. The molecule has 5 rings (SSSR count). The maximum Gasteiger partial charge on any atom is 0.251 e. The molecule has 3 saturated heterocycles. The van der Waals surface area contributed by atoms with Gasteiger partial charge in [-0.2, -0.15) is 0 Å². The Balaban J connectivity index is 1.60. The molecule has 9 heteroatoms. The largest absolute Gasteiger partial charge is 0.494 e. The van der Waals surface area contributed by atoms with Gasteiger partial charge in [-0.25, -0.2) is 0 Å². The molecule has 2 aromatic carbocycles. The maximum atomic E-state index is 15.1. The van der Waals surface area contributed by atoms with E-state index in [9.17, 15) is 14.7 Å². The molecule has 2 unspecified atom stereocenters. The first-order chi connectivity index (χ1) is 22.1. The van der Waals surface area contributed by atoms with E-state index in [4.69, 9.17) is 4.74 Å². The Kier molecular flexibility index (Phi) is 10.0. The molecular formula is C37H47N3O5S. The van der Waals surface area contributed by atoms with E-state index >= 15 is 4.79 Å². The van der Waals surface area contributed by atoms with Crippen molar-refractivity contribution in [2.24, 2.45) is 17.8 Å². The lowest BCUT2D eigenvalue weighted by Crippen LogP contribution is -2.58. The number of amides is 3. The number of rotatable bonds is 13. The van der Waals surface area contributed by atoms with Gasteiger partial charge < -0.3 is 24.5 Å². The van der Waals surface area contributed by atoms with Crippen LogP contribution in [0.3, 0.4) is 0 Å². The number of anilines is 2. The summed E-state index contributed by atoms with van der Waals surface area (Å²) in [4.78, 5) is 49.6. The minimum Gasteiger partial charge on any atom is -0.494 e. The lowest BCUT2D eigenvalue weighted by atomic mass is 9.70. The number of carbonyl (C=O) groups is 3. The molecule has 0 saturated carbocycles. The van der Waals surface area contributed by atoms with Crippen molar-refractivity contribution in [3.05, 3.63) is 78.9 Å². The van der Waals surface area contributed by atoms with E-state index in [0.29, 0.717) is 24.5 Å². The number of benzene rings is 2. The molecule has 3 heterocycles. The minimum absolute atomic E-state index is 0.103. The number of aryl methyl sites for hydroxylation is 2. The molecule has 0 aromatic heterocycles. The first-order valence-corrected chi connectivity index (χ1v) is 17.2. The van der Waals surface area contributed by atoms with E-state index in [1.54, 1.807) is 38.6 Å². The van der Waals surface area contributed by atoms with Crippen LogP contribution in [0.2, 0.25) is 0 Å². The fourth-order valence-corrected chi connectivity index (χ4v) is 10.1. The molecule has 6 atom stereocenters. The number of aliphatic hydroxyl groups excluding tert-OH is 1. The molecule has 3 aliphatic heterocycles. The summed E-state index contributed by atoms with van der Waals surface area (Å²) in [6.45, 7) is 18.5. The van der Waals surface area contributed by atoms with Crippen molar-refractivity contribution in [1.82, 2.24) is 4.90 Å². The molecule has 8 nitrogen and oxygen atoms in total. The molecule has 46 heavy (non-hydrogen) atoms. The highest BCUT2D eigenvalue weighted by Crippen LogP contribution is 2.67. The number of para-hydroxylation sites is 1. The molecule has 1 N–H and O–H groups in total. The summed E-state index contributed by atoms with van der Waals surface area (Å²) in [6.07, 6.45) is 4.77. The van der Waals surface area contributed by atoms with Crippen LogP contribution < -0.4 is 14.5 Å². The standard InChI is InChI=1S/C37H47N3O5S/c1-8-20-38(26-14-16-27(17-15-26)45-10-3)34(42)30-29-18-19-37(46-29)31(30)35(43)40(28(22-41)23(4)5)33(37)36(44)39(21-9-2)32-24(6)12-11-13-25(32)7/h8-9,11-17,23,28-31,33,41H,1-2,10,18-22H2,3-7H3/t28-,29-,30+,31-,33?,37?/m0/s1. The van der Waals surface area contributed by atoms with Crippen molar-refractivity contribution in [2.75, 3.05) is 36.1 Å². The number of thioether (sulfide) groups is 1. The van der Waals surface area contributed by atoms with Crippen molar-refractivity contribution in [1.29, 1.82) is 0 Å². The summed E-state index contributed by atoms with van der Waals surface area (Å²) < 4.78 is 4.82. The van der Waals surface area contributed by atoms with Crippen LogP contribution in [0.15, 0.2) is 67.8 Å². The second-order valence-corrected chi connectivity index (χ2v) is 14.5. The Labute approximate surface area is 277 Å². The van der Waals surface area contributed by atoms with Gasteiger partial charge in [0.15, 0.2) is 0 Å². The molecule has 3 fully saturated rings. The Hall–Kier alpha value is -3.56. The average molecular weight is 646 g/mol. The summed E-state index contributed by atoms with van der Waals surface area (Å²) in [5.41, 5.74) is 3.42.